The van der Waals surface area contributed by atoms with Crippen LogP contribution >= 0.6 is 0 Å². The monoisotopic (exact) mass is 512 g/mol. The van der Waals surface area contributed by atoms with Gasteiger partial charge in [-0.1, -0.05) is 24.3 Å². The molecule has 4 rings (SSSR count). The molecule has 1 N–H and O–H groups in total. The highest BCUT2D eigenvalue weighted by molar-refractivity contribution is 6.03. The van der Waals surface area contributed by atoms with Crippen molar-refractivity contribution in [2.24, 2.45) is 0 Å². The van der Waals surface area contributed by atoms with Gasteiger partial charge in [-0.15, -0.1) is 0 Å². The number of halogens is 3. The van der Waals surface area contributed by atoms with E-state index in [0.717, 1.165) is 17.7 Å². The Labute approximate surface area is 209 Å². The van der Waals surface area contributed by atoms with Crippen molar-refractivity contribution >= 4 is 17.4 Å². The third kappa shape index (κ3) is 5.68. The summed E-state index contributed by atoms with van der Waals surface area (Å²) in [6, 6.07) is 13.4. The fourth-order valence-corrected chi connectivity index (χ4v) is 3.98. The van der Waals surface area contributed by atoms with Crippen LogP contribution in [0.2, 0.25) is 0 Å². The second-order valence-corrected chi connectivity index (χ2v) is 8.61. The van der Waals surface area contributed by atoms with Gasteiger partial charge in [0.15, 0.2) is 5.82 Å². The topological polar surface area (TPSA) is 108 Å². The van der Waals surface area contributed by atoms with Gasteiger partial charge in [0, 0.05) is 17.3 Å². The lowest BCUT2D eigenvalue weighted by Gasteiger charge is -2.09. The minimum Gasteiger partial charge on any atom is -0.305 e. The first-order chi connectivity index (χ1) is 17.4. The number of carbonyl (C=O) groups is 1. The number of alkyl halides is 3. The van der Waals surface area contributed by atoms with Gasteiger partial charge >= 0.3 is 11.9 Å². The Hall–Kier alpha value is -4.48. The molecule has 4 aromatic rings. The van der Waals surface area contributed by atoms with Crippen LogP contribution in [0.1, 0.15) is 44.1 Å². The van der Waals surface area contributed by atoms with Crippen LogP contribution in [-0.4, -0.2) is 30.4 Å². The molecule has 2 aromatic heterocycles. The van der Waals surface area contributed by atoms with Crippen LogP contribution in [0.5, 0.6) is 0 Å². The highest BCUT2D eigenvalue weighted by Crippen LogP contribution is 2.30. The van der Waals surface area contributed by atoms with E-state index in [0.29, 0.717) is 34.8 Å². The standard InChI is InChI=1S/C25H23F3N6O3/c1-15-11-22(31-32(15)14-19-5-4-6-21(12-19)25(26,27)28)29-24(35)20-9-7-18(8-10-20)13-33-17(3)23(34(36)37)16(2)30-33/h4-12H,13-14H2,1-3H3,(H,29,31,35). The Kier molecular flexibility index (Phi) is 6.84. The number of amides is 1. The summed E-state index contributed by atoms with van der Waals surface area (Å²) in [5.41, 5.74) is 2.30. The van der Waals surface area contributed by atoms with Gasteiger partial charge in [0.25, 0.3) is 5.91 Å². The van der Waals surface area contributed by atoms with Gasteiger partial charge in [-0.2, -0.15) is 23.4 Å². The number of anilines is 1. The number of hydrogen-bond acceptors (Lipinski definition) is 5. The number of hydrogen-bond donors (Lipinski definition) is 1. The number of aryl methyl sites for hydroxylation is 2. The van der Waals surface area contributed by atoms with Gasteiger partial charge in [0.1, 0.15) is 11.4 Å². The smallest absolute Gasteiger partial charge is 0.305 e. The first-order valence-electron chi connectivity index (χ1n) is 11.2. The fourth-order valence-electron chi connectivity index (χ4n) is 3.98. The average Bonchev–Trinajstić information content (AvgIpc) is 3.30. The summed E-state index contributed by atoms with van der Waals surface area (Å²) in [5.74, 6) is -0.134. The predicted molar refractivity (Wildman–Crippen MR) is 129 cm³/mol. The van der Waals surface area contributed by atoms with Crippen LogP contribution in [-0.2, 0) is 19.3 Å². The maximum atomic E-state index is 13.0. The number of nitrogens with zero attached hydrogens (tertiary/aromatic N) is 5. The van der Waals surface area contributed by atoms with Crippen LogP contribution in [0.4, 0.5) is 24.7 Å². The third-order valence-electron chi connectivity index (χ3n) is 5.88. The van der Waals surface area contributed by atoms with Crippen LogP contribution in [0.25, 0.3) is 0 Å². The van der Waals surface area contributed by atoms with Gasteiger partial charge in [-0.3, -0.25) is 24.3 Å². The van der Waals surface area contributed by atoms with Crippen molar-refractivity contribution in [1.82, 2.24) is 19.6 Å². The summed E-state index contributed by atoms with van der Waals surface area (Å²) in [5, 5.41) is 22.4. The molecule has 192 valence electrons. The van der Waals surface area contributed by atoms with E-state index >= 15 is 0 Å². The Morgan fingerprint density at radius 3 is 2.27 bits per heavy atom. The number of aromatic nitrogens is 4. The zero-order valence-corrected chi connectivity index (χ0v) is 20.2. The molecule has 2 heterocycles. The number of benzene rings is 2. The number of rotatable bonds is 7. The summed E-state index contributed by atoms with van der Waals surface area (Å²) < 4.78 is 42.0. The van der Waals surface area contributed by atoms with Gasteiger partial charge in [0.2, 0.25) is 0 Å². The molecule has 12 heteroatoms. The van der Waals surface area contributed by atoms with Crippen molar-refractivity contribution in [3.05, 3.63) is 104 Å². The Balaban J connectivity index is 1.43. The largest absolute Gasteiger partial charge is 0.416 e. The minimum atomic E-state index is -4.43. The molecule has 2 aromatic carbocycles. The predicted octanol–water partition coefficient (Wildman–Crippen LogP) is 5.28. The molecular formula is C25H23F3N6O3. The maximum Gasteiger partial charge on any atom is 0.416 e. The Bertz CT molecular complexity index is 1470. The van der Waals surface area contributed by atoms with Gasteiger partial charge in [-0.05, 0) is 56.2 Å². The molecule has 0 aliphatic rings. The molecule has 0 radical (unpaired) electrons. The summed E-state index contributed by atoms with van der Waals surface area (Å²) in [6.45, 7) is 5.38. The van der Waals surface area contributed by atoms with Crippen molar-refractivity contribution in [3.63, 3.8) is 0 Å². The quantitative estimate of drug-likeness (QED) is 0.268. The molecule has 0 saturated carbocycles. The van der Waals surface area contributed by atoms with Crippen molar-refractivity contribution in [2.75, 3.05) is 5.32 Å². The molecule has 0 aliphatic heterocycles. The molecule has 0 spiro atoms. The van der Waals surface area contributed by atoms with E-state index in [2.05, 4.69) is 15.5 Å². The van der Waals surface area contributed by atoms with E-state index in [1.165, 1.54) is 10.7 Å². The van der Waals surface area contributed by atoms with Crippen molar-refractivity contribution in [1.29, 1.82) is 0 Å². The minimum absolute atomic E-state index is 0.0150. The van der Waals surface area contributed by atoms with Crippen molar-refractivity contribution < 1.29 is 22.9 Å². The van der Waals surface area contributed by atoms with E-state index < -0.39 is 22.6 Å². The first-order valence-corrected chi connectivity index (χ1v) is 11.2. The molecule has 0 unspecified atom stereocenters. The molecule has 37 heavy (non-hydrogen) atoms. The zero-order chi connectivity index (χ0) is 26.9. The second-order valence-electron chi connectivity index (χ2n) is 8.61. The lowest BCUT2D eigenvalue weighted by atomic mass is 10.1. The molecule has 0 fully saturated rings. The molecule has 0 atom stereocenters. The number of nitrogens with one attached hydrogen (secondary N) is 1. The third-order valence-corrected chi connectivity index (χ3v) is 5.88. The van der Waals surface area contributed by atoms with E-state index in [-0.39, 0.29) is 18.1 Å². The highest BCUT2D eigenvalue weighted by Gasteiger charge is 2.30. The second kappa shape index (κ2) is 9.88. The van der Waals surface area contributed by atoms with Gasteiger partial charge < -0.3 is 5.32 Å². The number of nitro groups is 1. The Morgan fingerprint density at radius 2 is 1.65 bits per heavy atom. The zero-order valence-electron chi connectivity index (χ0n) is 20.2. The summed E-state index contributed by atoms with van der Waals surface area (Å²) in [4.78, 5) is 23.5. The fraction of sp³-hybridized carbons (Fsp3) is 0.240. The van der Waals surface area contributed by atoms with Crippen LogP contribution in [0.3, 0.4) is 0 Å². The van der Waals surface area contributed by atoms with Crippen molar-refractivity contribution in [3.8, 4) is 0 Å². The van der Waals surface area contributed by atoms with Crippen LogP contribution < -0.4 is 5.32 Å². The molecule has 0 saturated heterocycles. The van der Waals surface area contributed by atoms with Gasteiger partial charge in [0.05, 0.1) is 23.6 Å². The molecule has 0 bridgehead atoms. The number of carbonyl (C=O) groups excluding carboxylic acids is 1. The van der Waals surface area contributed by atoms with Crippen LogP contribution in [0, 0.1) is 30.9 Å². The first kappa shape index (κ1) is 25.6. The molecule has 1 amide bonds. The Morgan fingerprint density at radius 1 is 0.973 bits per heavy atom. The lowest BCUT2D eigenvalue weighted by molar-refractivity contribution is -0.386. The summed E-state index contributed by atoms with van der Waals surface area (Å²) in [6.07, 6.45) is -4.43. The van der Waals surface area contributed by atoms with E-state index in [9.17, 15) is 28.1 Å². The SMILES string of the molecule is Cc1nn(Cc2ccc(C(=O)Nc3cc(C)n(Cc4cccc(C(F)(F)F)c4)n3)cc2)c(C)c1[N+](=O)[O-]. The van der Waals surface area contributed by atoms with Crippen molar-refractivity contribution in [2.45, 2.75) is 40.0 Å². The van der Waals surface area contributed by atoms with E-state index in [1.807, 2.05) is 0 Å². The van der Waals surface area contributed by atoms with E-state index in [4.69, 9.17) is 0 Å². The maximum absolute atomic E-state index is 13.0. The normalized spacial score (nSPS) is 11.5. The lowest BCUT2D eigenvalue weighted by Crippen LogP contribution is -2.13. The highest BCUT2D eigenvalue weighted by atomic mass is 19.4. The summed E-state index contributed by atoms with van der Waals surface area (Å²) >= 11 is 0. The summed E-state index contributed by atoms with van der Waals surface area (Å²) in [7, 11) is 0. The molecular weight excluding hydrogens is 489 g/mol. The van der Waals surface area contributed by atoms with Crippen LogP contribution in [0.15, 0.2) is 54.6 Å². The molecule has 9 nitrogen and oxygen atoms in total. The van der Waals surface area contributed by atoms with Gasteiger partial charge in [-0.25, -0.2) is 0 Å². The van der Waals surface area contributed by atoms with E-state index in [1.54, 1.807) is 61.9 Å². The molecule has 0 aliphatic carbocycles. The average molecular weight is 512 g/mol.